The van der Waals surface area contributed by atoms with Crippen LogP contribution in [0.4, 0.5) is 5.69 Å². The van der Waals surface area contributed by atoms with Gasteiger partial charge in [0.1, 0.15) is 6.61 Å². The zero-order chi connectivity index (χ0) is 15.8. The Morgan fingerprint density at radius 2 is 1.50 bits per heavy atom. The van der Waals surface area contributed by atoms with Gasteiger partial charge in [-0.2, -0.15) is 0 Å². The molecule has 0 unspecified atom stereocenters. The fourth-order valence-corrected chi connectivity index (χ4v) is 2.16. The van der Waals surface area contributed by atoms with Crippen molar-refractivity contribution in [1.82, 2.24) is 0 Å². The molecule has 0 spiro atoms. The minimum absolute atomic E-state index is 0.150. The third kappa shape index (κ3) is 4.69. The molecule has 0 aliphatic carbocycles. The van der Waals surface area contributed by atoms with E-state index in [1.165, 1.54) is 0 Å². The molecule has 1 heterocycles. The first kappa shape index (κ1) is 16.2. The lowest BCUT2D eigenvalue weighted by molar-refractivity contribution is -0.698. The van der Waals surface area contributed by atoms with Gasteiger partial charge in [-0.25, -0.2) is 4.57 Å². The molecule has 0 fully saturated rings. The summed E-state index contributed by atoms with van der Waals surface area (Å²) >= 11 is 0. The van der Waals surface area contributed by atoms with E-state index in [0.29, 0.717) is 13.1 Å². The van der Waals surface area contributed by atoms with E-state index in [1.807, 2.05) is 41.0 Å². The number of pyridine rings is 1. The van der Waals surface area contributed by atoms with Gasteiger partial charge in [0.05, 0.1) is 6.61 Å². The van der Waals surface area contributed by atoms with Crippen LogP contribution in [0.2, 0.25) is 0 Å². The maximum atomic E-state index is 8.95. The molecule has 1 aromatic carbocycles. The molecule has 0 atom stereocenters. The highest BCUT2D eigenvalue weighted by atomic mass is 16.3. The van der Waals surface area contributed by atoms with Crippen LogP contribution in [0.15, 0.2) is 48.8 Å². The second kappa shape index (κ2) is 8.32. The number of hydrogen-bond donors (Lipinski definition) is 2. The quantitative estimate of drug-likeness (QED) is 0.763. The van der Waals surface area contributed by atoms with Gasteiger partial charge in [-0.3, -0.25) is 0 Å². The number of benzene rings is 1. The summed E-state index contributed by atoms with van der Waals surface area (Å²) in [5.41, 5.74) is 3.35. The normalized spacial score (nSPS) is 11.0. The minimum Gasteiger partial charge on any atom is -0.395 e. The van der Waals surface area contributed by atoms with E-state index in [9.17, 15) is 0 Å². The zero-order valence-electron chi connectivity index (χ0n) is 12.9. The van der Waals surface area contributed by atoms with Crippen LogP contribution in [0.3, 0.4) is 0 Å². The molecular formula is C18H23N2O2+. The minimum atomic E-state index is 0.150. The number of nitrogens with zero attached hydrogens (tertiary/aromatic N) is 2. The molecule has 4 heteroatoms. The van der Waals surface area contributed by atoms with Gasteiger partial charge in [-0.05, 0) is 23.3 Å². The van der Waals surface area contributed by atoms with Crippen LogP contribution in [0.5, 0.6) is 0 Å². The predicted molar refractivity (Wildman–Crippen MR) is 89.4 cm³/mol. The Kier molecular flexibility index (Phi) is 6.13. The number of aliphatic hydroxyl groups excluding tert-OH is 2. The smallest absolute Gasteiger partial charge is 0.171 e. The van der Waals surface area contributed by atoms with Crippen molar-refractivity contribution in [2.75, 3.05) is 31.7 Å². The van der Waals surface area contributed by atoms with E-state index < -0.39 is 0 Å². The number of anilines is 1. The van der Waals surface area contributed by atoms with Crippen LogP contribution in [0.1, 0.15) is 11.1 Å². The third-order valence-electron chi connectivity index (χ3n) is 3.51. The van der Waals surface area contributed by atoms with E-state index in [0.717, 1.165) is 16.8 Å². The molecule has 0 aliphatic heterocycles. The molecule has 4 nitrogen and oxygen atoms in total. The predicted octanol–water partition coefficient (Wildman–Crippen LogP) is 1.57. The van der Waals surface area contributed by atoms with Crippen LogP contribution in [-0.4, -0.2) is 37.0 Å². The highest BCUT2D eigenvalue weighted by Crippen LogP contribution is 2.15. The molecule has 116 valence electrons. The molecule has 2 N–H and O–H groups in total. The SMILES string of the molecule is CN(CCO)c1ccc(C=Cc2cc[n+](CCO)cc2)cc1. The molecule has 0 radical (unpaired) electrons. The van der Waals surface area contributed by atoms with Gasteiger partial charge in [0.15, 0.2) is 18.9 Å². The molecule has 0 aliphatic rings. The molecule has 22 heavy (non-hydrogen) atoms. The van der Waals surface area contributed by atoms with E-state index in [4.69, 9.17) is 10.2 Å². The van der Waals surface area contributed by atoms with Crippen LogP contribution in [0, 0.1) is 0 Å². The number of hydrogen-bond acceptors (Lipinski definition) is 3. The van der Waals surface area contributed by atoms with Crippen molar-refractivity contribution in [2.45, 2.75) is 6.54 Å². The number of likely N-dealkylation sites (N-methyl/N-ethyl adjacent to an activating group) is 1. The number of aromatic nitrogens is 1. The van der Waals surface area contributed by atoms with Crippen LogP contribution in [-0.2, 0) is 6.54 Å². The first-order chi connectivity index (χ1) is 10.7. The van der Waals surface area contributed by atoms with Crippen LogP contribution in [0.25, 0.3) is 12.2 Å². The zero-order valence-corrected chi connectivity index (χ0v) is 12.9. The summed E-state index contributed by atoms with van der Waals surface area (Å²) in [5, 5.41) is 17.8. The average molecular weight is 299 g/mol. The summed E-state index contributed by atoms with van der Waals surface area (Å²) in [5.74, 6) is 0. The van der Waals surface area contributed by atoms with Gasteiger partial charge < -0.3 is 15.1 Å². The summed E-state index contributed by atoms with van der Waals surface area (Å²) in [6, 6.07) is 12.3. The molecule has 0 bridgehead atoms. The van der Waals surface area contributed by atoms with Gasteiger partial charge >= 0.3 is 0 Å². The first-order valence-corrected chi connectivity index (χ1v) is 7.43. The Hall–Kier alpha value is -2.17. The van der Waals surface area contributed by atoms with Gasteiger partial charge in [-0.1, -0.05) is 24.3 Å². The van der Waals surface area contributed by atoms with Crippen molar-refractivity contribution in [2.24, 2.45) is 0 Å². The highest BCUT2D eigenvalue weighted by molar-refractivity contribution is 5.70. The van der Waals surface area contributed by atoms with Crippen molar-refractivity contribution in [1.29, 1.82) is 0 Å². The van der Waals surface area contributed by atoms with E-state index in [-0.39, 0.29) is 13.2 Å². The van der Waals surface area contributed by atoms with Gasteiger partial charge in [0.25, 0.3) is 0 Å². The third-order valence-corrected chi connectivity index (χ3v) is 3.51. The van der Waals surface area contributed by atoms with Gasteiger partial charge in [0, 0.05) is 31.4 Å². The first-order valence-electron chi connectivity index (χ1n) is 7.43. The lowest BCUT2D eigenvalue weighted by Gasteiger charge is -2.17. The summed E-state index contributed by atoms with van der Waals surface area (Å²) in [7, 11) is 1.96. The van der Waals surface area contributed by atoms with E-state index in [2.05, 4.69) is 36.4 Å². The lowest BCUT2D eigenvalue weighted by atomic mass is 10.1. The number of rotatable bonds is 7. The van der Waals surface area contributed by atoms with Crippen LogP contribution >= 0.6 is 0 Å². The Morgan fingerprint density at radius 3 is 2.05 bits per heavy atom. The molecule has 0 amide bonds. The summed E-state index contributed by atoms with van der Waals surface area (Å²) < 4.78 is 1.95. The van der Waals surface area contributed by atoms with Crippen molar-refractivity contribution in [3.8, 4) is 0 Å². The van der Waals surface area contributed by atoms with Crippen molar-refractivity contribution in [3.63, 3.8) is 0 Å². The Labute approximate surface area is 131 Å². The Bertz CT molecular complexity index is 591. The molecular weight excluding hydrogens is 276 g/mol. The second-order valence-corrected chi connectivity index (χ2v) is 5.16. The summed E-state index contributed by atoms with van der Waals surface area (Å²) in [4.78, 5) is 2.02. The Balaban J connectivity index is 2.00. The van der Waals surface area contributed by atoms with Crippen molar-refractivity contribution >= 4 is 17.8 Å². The summed E-state index contributed by atoms with van der Waals surface area (Å²) in [6.07, 6.45) is 8.06. The van der Waals surface area contributed by atoms with Gasteiger partial charge in [-0.15, -0.1) is 0 Å². The number of aliphatic hydroxyl groups is 2. The maximum Gasteiger partial charge on any atom is 0.171 e. The fraction of sp³-hybridized carbons (Fsp3) is 0.278. The van der Waals surface area contributed by atoms with Gasteiger partial charge in [0.2, 0.25) is 0 Å². The largest absolute Gasteiger partial charge is 0.395 e. The lowest BCUT2D eigenvalue weighted by Crippen LogP contribution is -2.34. The van der Waals surface area contributed by atoms with Crippen LogP contribution < -0.4 is 9.47 Å². The monoisotopic (exact) mass is 299 g/mol. The Morgan fingerprint density at radius 1 is 0.909 bits per heavy atom. The average Bonchev–Trinajstić information content (AvgIpc) is 2.55. The standard InChI is InChI=1S/C18H23N2O2/c1-19(12-14-21)18-6-4-16(5-7-18)2-3-17-8-10-20(11-9-17)13-15-22/h2-11,21-22H,12-15H2,1H3/q+1. The van der Waals surface area contributed by atoms with E-state index >= 15 is 0 Å². The molecule has 0 saturated carbocycles. The van der Waals surface area contributed by atoms with E-state index in [1.54, 1.807) is 0 Å². The highest BCUT2D eigenvalue weighted by Gasteiger charge is 1.99. The topological polar surface area (TPSA) is 47.6 Å². The molecule has 0 saturated heterocycles. The molecule has 2 rings (SSSR count). The second-order valence-electron chi connectivity index (χ2n) is 5.16. The van der Waals surface area contributed by atoms with Crippen molar-refractivity contribution in [3.05, 3.63) is 59.9 Å². The van der Waals surface area contributed by atoms with Crippen molar-refractivity contribution < 1.29 is 14.8 Å². The molecule has 1 aromatic heterocycles. The fourth-order valence-electron chi connectivity index (χ4n) is 2.16. The molecule has 2 aromatic rings. The maximum absolute atomic E-state index is 8.95. The summed E-state index contributed by atoms with van der Waals surface area (Å²) in [6.45, 7) is 1.55.